The number of esters is 1. The standard InChI is InChI=1S/C8H8.C6H10O2/c1-2-8-6-4-3-5-7-8;1-3-5-6(7)8-4-2/h2-7H,1H2;3,5H,4H2,1-2H3. The van der Waals surface area contributed by atoms with Gasteiger partial charge in [0.05, 0.1) is 6.61 Å². The molecule has 0 saturated carbocycles. The maximum atomic E-state index is 10.3. The van der Waals surface area contributed by atoms with Gasteiger partial charge in [0.1, 0.15) is 0 Å². The number of carbonyl (C=O) groups excluding carboxylic acids is 1. The molecule has 0 aliphatic carbocycles. The van der Waals surface area contributed by atoms with Crippen molar-refractivity contribution in [2.24, 2.45) is 0 Å². The van der Waals surface area contributed by atoms with E-state index in [1.165, 1.54) is 11.6 Å². The third kappa shape index (κ3) is 7.56. The average Bonchev–Trinajstić information content (AvgIpc) is 2.32. The van der Waals surface area contributed by atoms with Crippen LogP contribution in [0.5, 0.6) is 0 Å². The van der Waals surface area contributed by atoms with Crippen LogP contribution in [0.25, 0.3) is 6.08 Å². The van der Waals surface area contributed by atoms with Crippen LogP contribution in [0.2, 0.25) is 0 Å². The van der Waals surface area contributed by atoms with Gasteiger partial charge in [-0.05, 0) is 19.4 Å². The van der Waals surface area contributed by atoms with Crippen molar-refractivity contribution in [3.8, 4) is 0 Å². The molecule has 0 saturated heterocycles. The Morgan fingerprint density at radius 3 is 2.38 bits per heavy atom. The molecule has 0 aliphatic heterocycles. The van der Waals surface area contributed by atoms with Crippen LogP contribution in [0.15, 0.2) is 49.1 Å². The first-order valence-corrected chi connectivity index (χ1v) is 5.21. The molecule has 0 heterocycles. The molecular formula is C14H18O2. The topological polar surface area (TPSA) is 26.3 Å². The van der Waals surface area contributed by atoms with E-state index < -0.39 is 0 Å². The van der Waals surface area contributed by atoms with E-state index in [4.69, 9.17) is 0 Å². The lowest BCUT2D eigenvalue weighted by Gasteiger charge is -1.91. The predicted octanol–water partition coefficient (Wildman–Crippen LogP) is 3.46. The smallest absolute Gasteiger partial charge is 0.330 e. The quantitative estimate of drug-likeness (QED) is 0.573. The van der Waals surface area contributed by atoms with Gasteiger partial charge in [0, 0.05) is 6.08 Å². The Bertz CT molecular complexity index is 326. The molecule has 2 nitrogen and oxygen atoms in total. The van der Waals surface area contributed by atoms with Crippen LogP contribution >= 0.6 is 0 Å². The van der Waals surface area contributed by atoms with Crippen LogP contribution < -0.4 is 0 Å². The summed E-state index contributed by atoms with van der Waals surface area (Å²) in [5.41, 5.74) is 1.17. The molecule has 1 aromatic rings. The SMILES string of the molecule is C=Cc1ccccc1.CC=CC(=O)OCC. The maximum absolute atomic E-state index is 10.3. The van der Waals surface area contributed by atoms with E-state index in [9.17, 15) is 4.79 Å². The first kappa shape index (κ1) is 14.2. The lowest BCUT2D eigenvalue weighted by Crippen LogP contribution is -1.98. The highest BCUT2D eigenvalue weighted by molar-refractivity contribution is 5.81. The second-order valence-electron chi connectivity index (χ2n) is 2.87. The highest BCUT2D eigenvalue weighted by Crippen LogP contribution is 1.97. The minimum Gasteiger partial charge on any atom is -0.463 e. The van der Waals surface area contributed by atoms with Gasteiger partial charge in [-0.3, -0.25) is 0 Å². The summed E-state index contributed by atoms with van der Waals surface area (Å²) in [6.07, 6.45) is 4.88. The van der Waals surface area contributed by atoms with E-state index in [1.807, 2.05) is 36.4 Å². The molecule has 0 fully saturated rings. The Morgan fingerprint density at radius 2 is 2.00 bits per heavy atom. The van der Waals surface area contributed by atoms with Gasteiger partial charge in [-0.15, -0.1) is 0 Å². The number of allylic oxidation sites excluding steroid dienone is 1. The molecule has 0 radical (unpaired) electrons. The summed E-state index contributed by atoms with van der Waals surface area (Å²) in [5, 5.41) is 0. The lowest BCUT2D eigenvalue weighted by atomic mass is 10.2. The number of hydrogen-bond acceptors (Lipinski definition) is 2. The number of rotatable bonds is 3. The van der Waals surface area contributed by atoms with Gasteiger partial charge in [0.25, 0.3) is 0 Å². The van der Waals surface area contributed by atoms with Crippen molar-refractivity contribution in [3.05, 3.63) is 54.6 Å². The van der Waals surface area contributed by atoms with Crippen LogP contribution in [-0.4, -0.2) is 12.6 Å². The summed E-state index contributed by atoms with van der Waals surface area (Å²) in [6.45, 7) is 7.63. The van der Waals surface area contributed by atoms with Crippen molar-refractivity contribution in [2.45, 2.75) is 13.8 Å². The van der Waals surface area contributed by atoms with Crippen molar-refractivity contribution in [1.29, 1.82) is 0 Å². The third-order valence-electron chi connectivity index (χ3n) is 1.62. The Kier molecular flexibility index (Phi) is 8.60. The second kappa shape index (κ2) is 9.71. The minimum absolute atomic E-state index is 0.269. The monoisotopic (exact) mass is 218 g/mol. The van der Waals surface area contributed by atoms with Crippen LogP contribution in [0, 0.1) is 0 Å². The Morgan fingerprint density at radius 1 is 1.38 bits per heavy atom. The summed E-state index contributed by atoms with van der Waals surface area (Å²) < 4.78 is 4.56. The Labute approximate surface area is 97.3 Å². The van der Waals surface area contributed by atoms with Crippen LogP contribution in [-0.2, 0) is 9.53 Å². The number of carbonyl (C=O) groups is 1. The molecule has 16 heavy (non-hydrogen) atoms. The average molecular weight is 218 g/mol. The van der Waals surface area contributed by atoms with Crippen molar-refractivity contribution in [1.82, 2.24) is 0 Å². The fourth-order valence-corrected chi connectivity index (χ4v) is 0.916. The molecule has 2 heteroatoms. The first-order chi connectivity index (χ1) is 7.74. The molecule has 0 aromatic heterocycles. The summed E-state index contributed by atoms with van der Waals surface area (Å²) in [7, 11) is 0. The molecule has 0 atom stereocenters. The second-order valence-corrected chi connectivity index (χ2v) is 2.87. The predicted molar refractivity (Wildman–Crippen MR) is 68.0 cm³/mol. The third-order valence-corrected chi connectivity index (χ3v) is 1.62. The zero-order chi connectivity index (χ0) is 12.2. The van der Waals surface area contributed by atoms with Crippen LogP contribution in [0.3, 0.4) is 0 Å². The minimum atomic E-state index is -0.269. The van der Waals surface area contributed by atoms with E-state index in [-0.39, 0.29) is 5.97 Å². The van der Waals surface area contributed by atoms with Gasteiger partial charge in [-0.2, -0.15) is 0 Å². The molecule has 0 unspecified atom stereocenters. The molecule has 0 spiro atoms. The van der Waals surface area contributed by atoms with Crippen molar-refractivity contribution < 1.29 is 9.53 Å². The lowest BCUT2D eigenvalue weighted by molar-refractivity contribution is -0.137. The summed E-state index contributed by atoms with van der Waals surface area (Å²) in [4.78, 5) is 10.3. The summed E-state index contributed by atoms with van der Waals surface area (Å²) in [6, 6.07) is 10.0. The first-order valence-electron chi connectivity index (χ1n) is 5.21. The van der Waals surface area contributed by atoms with Gasteiger partial charge >= 0.3 is 5.97 Å². The maximum Gasteiger partial charge on any atom is 0.330 e. The molecule has 1 aromatic carbocycles. The summed E-state index contributed by atoms with van der Waals surface area (Å²) in [5.74, 6) is -0.269. The zero-order valence-electron chi connectivity index (χ0n) is 9.85. The number of hydrogen-bond donors (Lipinski definition) is 0. The highest BCUT2D eigenvalue weighted by atomic mass is 16.5. The summed E-state index contributed by atoms with van der Waals surface area (Å²) >= 11 is 0. The van der Waals surface area contributed by atoms with Gasteiger partial charge < -0.3 is 4.74 Å². The van der Waals surface area contributed by atoms with Crippen LogP contribution in [0.1, 0.15) is 19.4 Å². The Balaban J connectivity index is 0.000000281. The fraction of sp³-hybridized carbons (Fsp3) is 0.214. The largest absolute Gasteiger partial charge is 0.463 e. The van der Waals surface area contributed by atoms with Gasteiger partial charge in [-0.1, -0.05) is 49.1 Å². The van der Waals surface area contributed by atoms with Gasteiger partial charge in [0.2, 0.25) is 0 Å². The normalized spacial score (nSPS) is 9.12. The molecular weight excluding hydrogens is 200 g/mol. The molecule has 1 rings (SSSR count). The van der Waals surface area contributed by atoms with E-state index in [0.717, 1.165) is 0 Å². The highest BCUT2D eigenvalue weighted by Gasteiger charge is 1.88. The molecule has 0 N–H and O–H groups in total. The van der Waals surface area contributed by atoms with Crippen molar-refractivity contribution >= 4 is 12.0 Å². The van der Waals surface area contributed by atoms with Gasteiger partial charge in [0.15, 0.2) is 0 Å². The number of ether oxygens (including phenoxy) is 1. The molecule has 86 valence electrons. The van der Waals surface area contributed by atoms with E-state index in [1.54, 1.807) is 19.9 Å². The zero-order valence-corrected chi connectivity index (χ0v) is 9.85. The van der Waals surface area contributed by atoms with Crippen molar-refractivity contribution in [2.75, 3.05) is 6.61 Å². The molecule has 0 amide bonds. The Hall–Kier alpha value is -1.83. The fourth-order valence-electron chi connectivity index (χ4n) is 0.916. The van der Waals surface area contributed by atoms with Crippen molar-refractivity contribution in [3.63, 3.8) is 0 Å². The van der Waals surface area contributed by atoms with E-state index in [0.29, 0.717) is 6.61 Å². The number of benzene rings is 1. The van der Waals surface area contributed by atoms with Gasteiger partial charge in [-0.25, -0.2) is 4.79 Å². The van der Waals surface area contributed by atoms with E-state index in [2.05, 4.69) is 11.3 Å². The molecule has 0 bridgehead atoms. The molecule has 0 aliphatic rings. The van der Waals surface area contributed by atoms with E-state index >= 15 is 0 Å². The van der Waals surface area contributed by atoms with Crippen LogP contribution in [0.4, 0.5) is 0 Å².